The van der Waals surface area contributed by atoms with Crippen LogP contribution in [0, 0.1) is 0 Å². The molecule has 1 heterocycles. The van der Waals surface area contributed by atoms with Gasteiger partial charge in [-0.3, -0.25) is 19.4 Å². The van der Waals surface area contributed by atoms with Gasteiger partial charge in [0, 0.05) is 32.7 Å². The number of piperazine rings is 1. The first-order valence-electron chi connectivity index (χ1n) is 9.03. The summed E-state index contributed by atoms with van der Waals surface area (Å²) in [5, 5.41) is 5.10. The molecule has 1 saturated heterocycles. The van der Waals surface area contributed by atoms with Gasteiger partial charge in [-0.25, -0.2) is 0 Å². The smallest absolute Gasteiger partial charge is 0.352 e. The molecule has 2 rings (SSSR count). The average molecular weight is 398 g/mol. The molecule has 2 N–H and O–H groups in total. The molecule has 0 radical (unpaired) electrons. The Morgan fingerprint density at radius 2 is 1.86 bits per heavy atom. The topological polar surface area (TPSA) is 64.7 Å². The zero-order valence-electron chi connectivity index (χ0n) is 15.8. The van der Waals surface area contributed by atoms with E-state index in [9.17, 15) is 22.8 Å². The van der Waals surface area contributed by atoms with Gasteiger partial charge >= 0.3 is 6.18 Å². The number of amides is 2. The Hall–Kier alpha value is -2.39. The average Bonchev–Trinajstić information content (AvgIpc) is 2.66. The van der Waals surface area contributed by atoms with Crippen molar-refractivity contribution in [3.8, 4) is 0 Å². The van der Waals surface area contributed by atoms with Crippen LogP contribution in [0.5, 0.6) is 0 Å². The van der Waals surface area contributed by atoms with E-state index in [1.165, 1.54) is 18.2 Å². The lowest BCUT2D eigenvalue weighted by atomic mass is 10.1. The number of hydrogen-bond acceptors (Lipinski definition) is 4. The molecule has 6 nitrogen and oxygen atoms in total. The van der Waals surface area contributed by atoms with Crippen LogP contribution in [0.15, 0.2) is 36.9 Å². The molecule has 0 bridgehead atoms. The van der Waals surface area contributed by atoms with Crippen molar-refractivity contribution in [1.29, 1.82) is 0 Å². The van der Waals surface area contributed by atoms with E-state index < -0.39 is 23.7 Å². The standard InChI is InChI=1S/C19H25F3N4O2/c1-3-8-23-17(27)13-25-9-11-26(12-10-25)14(2)18(28)24-16-7-5-4-6-15(16)19(20,21)22/h3-7,14H,1,8-13H2,2H3,(H,23,27)(H,24,28). The number of para-hydroxylation sites is 1. The van der Waals surface area contributed by atoms with E-state index in [1.54, 1.807) is 13.0 Å². The molecule has 1 aromatic rings. The van der Waals surface area contributed by atoms with E-state index in [-0.39, 0.29) is 18.1 Å². The molecule has 154 valence electrons. The second-order valence-corrected chi connectivity index (χ2v) is 6.61. The van der Waals surface area contributed by atoms with Gasteiger partial charge in [0.15, 0.2) is 0 Å². The first-order chi connectivity index (χ1) is 13.2. The molecule has 0 aromatic heterocycles. The van der Waals surface area contributed by atoms with E-state index >= 15 is 0 Å². The van der Waals surface area contributed by atoms with Crippen molar-refractivity contribution in [3.63, 3.8) is 0 Å². The van der Waals surface area contributed by atoms with Gasteiger partial charge in [0.1, 0.15) is 0 Å². The third-order valence-corrected chi connectivity index (χ3v) is 4.64. The fraction of sp³-hybridized carbons (Fsp3) is 0.474. The van der Waals surface area contributed by atoms with E-state index in [1.807, 2.05) is 9.80 Å². The molecule has 1 aliphatic rings. The van der Waals surface area contributed by atoms with Gasteiger partial charge in [-0.1, -0.05) is 18.2 Å². The summed E-state index contributed by atoms with van der Waals surface area (Å²) in [5.41, 5.74) is -1.12. The first kappa shape index (κ1) is 21.9. The molecule has 1 unspecified atom stereocenters. The Labute approximate surface area is 162 Å². The summed E-state index contributed by atoms with van der Waals surface area (Å²) in [6.07, 6.45) is -2.93. The van der Waals surface area contributed by atoms with Crippen LogP contribution in [0.3, 0.4) is 0 Å². The molecule has 0 aliphatic carbocycles. The maximum absolute atomic E-state index is 13.1. The Morgan fingerprint density at radius 1 is 1.21 bits per heavy atom. The van der Waals surface area contributed by atoms with Crippen molar-refractivity contribution in [2.75, 3.05) is 44.6 Å². The molecule has 1 fully saturated rings. The van der Waals surface area contributed by atoms with E-state index in [0.717, 1.165) is 6.07 Å². The fourth-order valence-corrected chi connectivity index (χ4v) is 3.00. The number of benzene rings is 1. The fourth-order valence-electron chi connectivity index (χ4n) is 3.00. The van der Waals surface area contributed by atoms with Gasteiger partial charge in [0.25, 0.3) is 0 Å². The predicted octanol–water partition coefficient (Wildman–Crippen LogP) is 1.95. The minimum absolute atomic E-state index is 0.0945. The van der Waals surface area contributed by atoms with Crippen LogP contribution in [-0.4, -0.2) is 66.9 Å². The summed E-state index contributed by atoms with van der Waals surface area (Å²) < 4.78 is 39.2. The Kier molecular flexibility index (Phi) is 7.59. The van der Waals surface area contributed by atoms with E-state index in [2.05, 4.69) is 17.2 Å². The first-order valence-corrected chi connectivity index (χ1v) is 9.03. The Balaban J connectivity index is 1.88. The lowest BCUT2D eigenvalue weighted by Gasteiger charge is -2.37. The van der Waals surface area contributed by atoms with Crippen LogP contribution in [0.25, 0.3) is 0 Å². The lowest BCUT2D eigenvalue weighted by Crippen LogP contribution is -2.54. The zero-order valence-corrected chi connectivity index (χ0v) is 15.8. The number of carbonyl (C=O) groups is 2. The minimum atomic E-state index is -4.54. The highest BCUT2D eigenvalue weighted by molar-refractivity contribution is 5.95. The van der Waals surface area contributed by atoms with Crippen molar-refractivity contribution in [2.45, 2.75) is 19.1 Å². The highest BCUT2D eigenvalue weighted by atomic mass is 19.4. The number of carbonyl (C=O) groups excluding carboxylic acids is 2. The zero-order chi connectivity index (χ0) is 20.7. The second-order valence-electron chi connectivity index (χ2n) is 6.61. The number of halogens is 3. The minimum Gasteiger partial charge on any atom is -0.352 e. The number of alkyl halides is 3. The number of anilines is 1. The lowest BCUT2D eigenvalue weighted by molar-refractivity contribution is -0.137. The van der Waals surface area contributed by atoms with Crippen LogP contribution in [-0.2, 0) is 15.8 Å². The number of nitrogens with zero attached hydrogens (tertiary/aromatic N) is 2. The third-order valence-electron chi connectivity index (χ3n) is 4.64. The van der Waals surface area contributed by atoms with Gasteiger partial charge in [-0.05, 0) is 19.1 Å². The largest absolute Gasteiger partial charge is 0.418 e. The maximum atomic E-state index is 13.1. The highest BCUT2D eigenvalue weighted by Crippen LogP contribution is 2.34. The van der Waals surface area contributed by atoms with Gasteiger partial charge in [0.2, 0.25) is 11.8 Å². The van der Waals surface area contributed by atoms with Gasteiger partial charge < -0.3 is 10.6 Å². The summed E-state index contributed by atoms with van der Waals surface area (Å²) in [6.45, 7) is 8.16. The second kappa shape index (κ2) is 9.70. The van der Waals surface area contributed by atoms with Gasteiger partial charge in [-0.15, -0.1) is 6.58 Å². The summed E-state index contributed by atoms with van der Waals surface area (Å²) >= 11 is 0. The summed E-state index contributed by atoms with van der Waals surface area (Å²) in [6, 6.07) is 4.33. The number of hydrogen-bond donors (Lipinski definition) is 2. The van der Waals surface area contributed by atoms with Gasteiger partial charge in [0.05, 0.1) is 23.8 Å². The summed E-state index contributed by atoms with van der Waals surface area (Å²) in [4.78, 5) is 28.1. The van der Waals surface area contributed by atoms with Crippen molar-refractivity contribution in [3.05, 3.63) is 42.5 Å². The maximum Gasteiger partial charge on any atom is 0.418 e. The van der Waals surface area contributed by atoms with Crippen molar-refractivity contribution in [2.24, 2.45) is 0 Å². The molecule has 2 amide bonds. The molecule has 9 heteroatoms. The summed E-state index contributed by atoms with van der Waals surface area (Å²) in [7, 11) is 0. The van der Waals surface area contributed by atoms with Crippen molar-refractivity contribution < 1.29 is 22.8 Å². The molecule has 1 aromatic carbocycles. The van der Waals surface area contributed by atoms with Crippen molar-refractivity contribution >= 4 is 17.5 Å². The molecular weight excluding hydrogens is 373 g/mol. The van der Waals surface area contributed by atoms with Gasteiger partial charge in [-0.2, -0.15) is 13.2 Å². The quantitative estimate of drug-likeness (QED) is 0.690. The van der Waals surface area contributed by atoms with Crippen LogP contribution < -0.4 is 10.6 Å². The molecule has 1 aliphatic heterocycles. The molecule has 0 saturated carbocycles. The van der Waals surface area contributed by atoms with E-state index in [4.69, 9.17) is 0 Å². The van der Waals surface area contributed by atoms with E-state index in [0.29, 0.717) is 32.7 Å². The summed E-state index contributed by atoms with van der Waals surface area (Å²) in [5.74, 6) is -0.586. The van der Waals surface area contributed by atoms with Crippen molar-refractivity contribution in [1.82, 2.24) is 15.1 Å². The van der Waals surface area contributed by atoms with Crippen LogP contribution in [0.2, 0.25) is 0 Å². The molecular formula is C19H25F3N4O2. The molecule has 1 atom stereocenters. The SMILES string of the molecule is C=CCNC(=O)CN1CCN(C(C)C(=O)Nc2ccccc2C(F)(F)F)CC1. The predicted molar refractivity (Wildman–Crippen MR) is 101 cm³/mol. The monoisotopic (exact) mass is 398 g/mol. The number of nitrogens with one attached hydrogen (secondary N) is 2. The molecule has 28 heavy (non-hydrogen) atoms. The Bertz CT molecular complexity index is 701. The van der Waals surface area contributed by atoms with Crippen LogP contribution in [0.4, 0.5) is 18.9 Å². The molecule has 0 spiro atoms. The highest BCUT2D eigenvalue weighted by Gasteiger charge is 2.34. The van der Waals surface area contributed by atoms with Crippen LogP contribution >= 0.6 is 0 Å². The third kappa shape index (κ3) is 6.07. The Morgan fingerprint density at radius 3 is 2.46 bits per heavy atom. The van der Waals surface area contributed by atoms with Crippen LogP contribution in [0.1, 0.15) is 12.5 Å². The normalized spacial score (nSPS) is 17.0. The number of rotatable bonds is 7.